The maximum Gasteiger partial charge on any atom is 0.253 e. The molecule has 0 aliphatic rings. The molecule has 1 amide bonds. The predicted octanol–water partition coefficient (Wildman–Crippen LogP) is 3.30. The Morgan fingerprint density at radius 2 is 2.16 bits per heavy atom. The number of hydrogen-bond donors (Lipinski definition) is 2. The maximum atomic E-state index is 12.2. The fourth-order valence-electron chi connectivity index (χ4n) is 1.79. The molecule has 1 atom stereocenters. The van der Waals surface area contributed by atoms with Gasteiger partial charge in [-0.3, -0.25) is 4.79 Å². The number of amides is 1. The van der Waals surface area contributed by atoms with Crippen LogP contribution in [0.3, 0.4) is 0 Å². The molecule has 19 heavy (non-hydrogen) atoms. The number of carbonyl (C=O) groups is 1. The molecule has 0 radical (unpaired) electrons. The lowest BCUT2D eigenvalue weighted by Gasteiger charge is -2.13. The fraction of sp³-hybridized carbons (Fsp3) is 0.533. The van der Waals surface area contributed by atoms with E-state index in [9.17, 15) is 4.79 Å². The number of anilines is 1. The zero-order valence-electron chi connectivity index (χ0n) is 12.2. The van der Waals surface area contributed by atoms with Gasteiger partial charge in [-0.1, -0.05) is 13.0 Å². The molecule has 0 aliphatic heterocycles. The predicted molar refractivity (Wildman–Crippen MR) is 85.3 cm³/mol. The summed E-state index contributed by atoms with van der Waals surface area (Å²) in [6.07, 6.45) is 3.09. The van der Waals surface area contributed by atoms with Crippen LogP contribution in [0.2, 0.25) is 0 Å². The zero-order chi connectivity index (χ0) is 14.3. The van der Waals surface area contributed by atoms with Crippen LogP contribution in [0.15, 0.2) is 18.2 Å². The van der Waals surface area contributed by atoms with E-state index < -0.39 is 0 Å². The molecule has 0 aromatic heterocycles. The second-order valence-corrected chi connectivity index (χ2v) is 5.95. The van der Waals surface area contributed by atoms with Gasteiger partial charge in [0.05, 0.1) is 5.56 Å². The first-order valence-corrected chi connectivity index (χ1v) is 8.02. The summed E-state index contributed by atoms with van der Waals surface area (Å²) in [5.74, 6) is 0.00394. The molecule has 3 nitrogen and oxygen atoms in total. The van der Waals surface area contributed by atoms with Gasteiger partial charge < -0.3 is 10.6 Å². The molecule has 0 aliphatic carbocycles. The highest BCUT2D eigenvalue weighted by Gasteiger charge is 2.11. The zero-order valence-corrected chi connectivity index (χ0v) is 13.1. The van der Waals surface area contributed by atoms with Crippen molar-refractivity contribution in [1.82, 2.24) is 5.32 Å². The minimum Gasteiger partial charge on any atom is -0.385 e. The van der Waals surface area contributed by atoms with Gasteiger partial charge in [0, 0.05) is 24.0 Å². The first-order valence-electron chi connectivity index (χ1n) is 6.74. The monoisotopic (exact) mass is 280 g/mol. The van der Waals surface area contributed by atoms with Crippen molar-refractivity contribution in [2.45, 2.75) is 32.4 Å². The Morgan fingerprint density at radius 1 is 1.42 bits per heavy atom. The standard InChI is InChI=1S/C15H24N2OS/c1-5-16-14-10-11(2)6-7-13(14)15(18)17-9-8-12(3)19-4/h6-7,10,12,16H,5,8-9H2,1-4H3,(H,17,18). The molecular formula is C15H24N2OS. The van der Waals surface area contributed by atoms with Crippen molar-refractivity contribution in [2.75, 3.05) is 24.7 Å². The van der Waals surface area contributed by atoms with Gasteiger partial charge in [-0.2, -0.15) is 11.8 Å². The third kappa shape index (κ3) is 5.15. The van der Waals surface area contributed by atoms with Crippen LogP contribution in [-0.4, -0.2) is 30.5 Å². The summed E-state index contributed by atoms with van der Waals surface area (Å²) in [4.78, 5) is 12.2. The van der Waals surface area contributed by atoms with Crippen LogP contribution in [0.25, 0.3) is 0 Å². The topological polar surface area (TPSA) is 41.1 Å². The lowest BCUT2D eigenvalue weighted by Crippen LogP contribution is -2.26. The maximum absolute atomic E-state index is 12.2. The number of carbonyl (C=O) groups excluding carboxylic acids is 1. The second-order valence-electron chi connectivity index (χ2n) is 4.67. The molecule has 0 saturated carbocycles. The van der Waals surface area contributed by atoms with Crippen molar-refractivity contribution in [2.24, 2.45) is 0 Å². The highest BCUT2D eigenvalue weighted by molar-refractivity contribution is 7.99. The molecule has 0 bridgehead atoms. The molecule has 4 heteroatoms. The Kier molecular flexibility index (Phi) is 6.78. The van der Waals surface area contributed by atoms with Crippen molar-refractivity contribution in [1.29, 1.82) is 0 Å². The van der Waals surface area contributed by atoms with Gasteiger partial charge in [-0.25, -0.2) is 0 Å². The second kappa shape index (κ2) is 8.10. The van der Waals surface area contributed by atoms with E-state index in [0.717, 1.165) is 36.3 Å². The Hall–Kier alpha value is -1.16. The normalized spacial score (nSPS) is 12.0. The molecular weight excluding hydrogens is 256 g/mol. The summed E-state index contributed by atoms with van der Waals surface area (Å²) < 4.78 is 0. The number of benzene rings is 1. The summed E-state index contributed by atoms with van der Waals surface area (Å²) in [6.45, 7) is 7.77. The van der Waals surface area contributed by atoms with E-state index in [1.165, 1.54) is 0 Å². The molecule has 2 N–H and O–H groups in total. The van der Waals surface area contributed by atoms with Crippen LogP contribution in [0.1, 0.15) is 36.2 Å². The van der Waals surface area contributed by atoms with Crippen LogP contribution < -0.4 is 10.6 Å². The summed E-state index contributed by atoms with van der Waals surface area (Å²) >= 11 is 1.82. The van der Waals surface area contributed by atoms with Crippen molar-refractivity contribution < 1.29 is 4.79 Å². The number of nitrogens with one attached hydrogen (secondary N) is 2. The summed E-state index contributed by atoms with van der Waals surface area (Å²) in [7, 11) is 0. The van der Waals surface area contributed by atoms with Gasteiger partial charge in [0.25, 0.3) is 5.91 Å². The Bertz CT molecular complexity index is 421. The van der Waals surface area contributed by atoms with Crippen LogP contribution in [-0.2, 0) is 0 Å². The molecule has 1 aromatic rings. The van der Waals surface area contributed by atoms with Gasteiger partial charge in [-0.15, -0.1) is 0 Å². The van der Waals surface area contributed by atoms with Gasteiger partial charge in [0.1, 0.15) is 0 Å². The van der Waals surface area contributed by atoms with E-state index in [1.54, 1.807) is 0 Å². The first kappa shape index (κ1) is 15.9. The van der Waals surface area contributed by atoms with Gasteiger partial charge in [0.15, 0.2) is 0 Å². The number of aryl methyl sites for hydroxylation is 1. The largest absolute Gasteiger partial charge is 0.385 e. The highest BCUT2D eigenvalue weighted by atomic mass is 32.2. The van der Waals surface area contributed by atoms with E-state index in [-0.39, 0.29) is 5.91 Å². The summed E-state index contributed by atoms with van der Waals surface area (Å²) in [5, 5.41) is 6.81. The van der Waals surface area contributed by atoms with Crippen LogP contribution in [0, 0.1) is 6.92 Å². The van der Waals surface area contributed by atoms with Crippen LogP contribution in [0.5, 0.6) is 0 Å². The lowest BCUT2D eigenvalue weighted by molar-refractivity contribution is 0.0954. The highest BCUT2D eigenvalue weighted by Crippen LogP contribution is 2.17. The lowest BCUT2D eigenvalue weighted by atomic mass is 10.1. The molecule has 1 rings (SSSR count). The minimum absolute atomic E-state index is 0.00394. The molecule has 1 aromatic carbocycles. The molecule has 106 valence electrons. The van der Waals surface area contributed by atoms with Gasteiger partial charge in [-0.05, 0) is 44.2 Å². The van der Waals surface area contributed by atoms with E-state index in [2.05, 4.69) is 23.8 Å². The van der Waals surface area contributed by atoms with Gasteiger partial charge >= 0.3 is 0 Å². The summed E-state index contributed by atoms with van der Waals surface area (Å²) in [5.41, 5.74) is 2.80. The molecule has 0 saturated heterocycles. The van der Waals surface area contributed by atoms with Crippen LogP contribution in [0.4, 0.5) is 5.69 Å². The average molecular weight is 280 g/mol. The van der Waals surface area contributed by atoms with Crippen molar-refractivity contribution in [3.05, 3.63) is 29.3 Å². The number of thioether (sulfide) groups is 1. The van der Waals surface area contributed by atoms with Crippen molar-refractivity contribution in [3.63, 3.8) is 0 Å². The third-order valence-corrected chi connectivity index (χ3v) is 4.07. The third-order valence-electron chi connectivity index (χ3n) is 3.03. The smallest absolute Gasteiger partial charge is 0.253 e. The molecule has 0 spiro atoms. The number of hydrogen-bond acceptors (Lipinski definition) is 3. The van der Waals surface area contributed by atoms with E-state index >= 15 is 0 Å². The van der Waals surface area contributed by atoms with E-state index in [4.69, 9.17) is 0 Å². The van der Waals surface area contributed by atoms with Crippen LogP contribution >= 0.6 is 11.8 Å². The van der Waals surface area contributed by atoms with Crippen molar-refractivity contribution in [3.8, 4) is 0 Å². The van der Waals surface area contributed by atoms with E-state index in [0.29, 0.717) is 5.25 Å². The molecule has 0 fully saturated rings. The van der Waals surface area contributed by atoms with Crippen molar-refractivity contribution >= 4 is 23.4 Å². The molecule has 0 heterocycles. The van der Waals surface area contributed by atoms with Gasteiger partial charge in [0.2, 0.25) is 0 Å². The Labute approximate surface area is 120 Å². The summed E-state index contributed by atoms with van der Waals surface area (Å²) in [6, 6.07) is 5.88. The van der Waals surface area contributed by atoms with E-state index in [1.807, 2.05) is 43.8 Å². The quantitative estimate of drug-likeness (QED) is 0.805. The average Bonchev–Trinajstić information content (AvgIpc) is 2.38. The number of rotatable bonds is 7. The molecule has 1 unspecified atom stereocenters. The fourth-order valence-corrected chi connectivity index (χ4v) is 2.15. The first-order chi connectivity index (χ1) is 9.08. The SMILES string of the molecule is CCNc1cc(C)ccc1C(=O)NCCC(C)SC. The Balaban J connectivity index is 2.65. The minimum atomic E-state index is 0.00394. The Morgan fingerprint density at radius 3 is 2.79 bits per heavy atom.